The predicted octanol–water partition coefficient (Wildman–Crippen LogP) is 4.78. The number of hydrogen-bond donors (Lipinski definition) is 1. The first-order chi connectivity index (χ1) is 16.2. The van der Waals surface area contributed by atoms with Crippen LogP contribution in [0.5, 0.6) is 5.75 Å². The summed E-state index contributed by atoms with van der Waals surface area (Å²) in [4.78, 5) is 17.1. The van der Waals surface area contributed by atoms with E-state index < -0.39 is 0 Å². The lowest BCUT2D eigenvalue weighted by Gasteiger charge is -2.36. The summed E-state index contributed by atoms with van der Waals surface area (Å²) in [5.41, 5.74) is 3.06. The Morgan fingerprint density at radius 2 is 1.60 bits per heavy atom. The van der Waals surface area contributed by atoms with Crippen molar-refractivity contribution < 1.29 is 9.53 Å². The van der Waals surface area contributed by atoms with Gasteiger partial charge in [-0.15, -0.1) is 24.8 Å². The van der Waals surface area contributed by atoms with Crippen LogP contribution in [-0.2, 0) is 13.7 Å². The smallest absolute Gasteiger partial charge is 0.267 e. The van der Waals surface area contributed by atoms with Crippen molar-refractivity contribution in [1.82, 2.24) is 14.8 Å². The summed E-state index contributed by atoms with van der Waals surface area (Å²) < 4.78 is 8.00. The Labute approximate surface area is 221 Å². The topological polar surface area (TPSA) is 49.7 Å². The van der Waals surface area contributed by atoms with Crippen LogP contribution in [0.4, 0.5) is 5.69 Å². The quantitative estimate of drug-likeness (QED) is 0.392. The van der Waals surface area contributed by atoms with Crippen molar-refractivity contribution in [3.63, 3.8) is 0 Å². The molecule has 4 rings (SSSR count). The fraction of sp³-hybridized carbons (Fsp3) is 0.370. The van der Waals surface area contributed by atoms with E-state index in [9.17, 15) is 4.79 Å². The summed E-state index contributed by atoms with van der Waals surface area (Å²) in [6.07, 6.45) is 3.97. The normalized spacial score (nSPS) is 13.5. The van der Waals surface area contributed by atoms with Gasteiger partial charge in [0.05, 0.1) is 5.69 Å². The number of carbonyl (C=O) groups is 1. The van der Waals surface area contributed by atoms with Gasteiger partial charge in [0.1, 0.15) is 18.1 Å². The second-order valence-corrected chi connectivity index (χ2v) is 8.54. The van der Waals surface area contributed by atoms with Gasteiger partial charge in [-0.3, -0.25) is 9.69 Å². The second kappa shape index (κ2) is 14.7. The molecular weight excluding hydrogens is 483 g/mol. The van der Waals surface area contributed by atoms with Crippen LogP contribution in [0, 0.1) is 0 Å². The number of anilines is 1. The van der Waals surface area contributed by atoms with Gasteiger partial charge in [-0.1, -0.05) is 42.5 Å². The van der Waals surface area contributed by atoms with Crippen molar-refractivity contribution in [3.8, 4) is 5.75 Å². The molecule has 6 nitrogen and oxygen atoms in total. The van der Waals surface area contributed by atoms with Gasteiger partial charge in [-0.25, -0.2) is 0 Å². The first-order valence-corrected chi connectivity index (χ1v) is 11.8. The number of rotatable bonds is 10. The number of nitrogens with zero attached hydrogens (tertiary/aromatic N) is 3. The van der Waals surface area contributed by atoms with Crippen LogP contribution in [0.1, 0.15) is 28.9 Å². The van der Waals surface area contributed by atoms with Crippen LogP contribution < -0.4 is 15.0 Å². The Hall–Kier alpha value is -2.67. The van der Waals surface area contributed by atoms with Crippen LogP contribution in [0.25, 0.3) is 0 Å². The Morgan fingerprint density at radius 1 is 0.886 bits per heavy atom. The SMILES string of the molecule is Cl.Cl.Cn1cccc1C(=O)NCCCCN1CCN(c2ccccc2OCc2ccccc2)CC1. The number of piperazine rings is 1. The van der Waals surface area contributed by atoms with E-state index in [1.165, 1.54) is 11.3 Å². The highest BCUT2D eigenvalue weighted by Crippen LogP contribution is 2.29. The van der Waals surface area contributed by atoms with Crippen molar-refractivity contribution in [3.05, 3.63) is 84.2 Å². The number of unbranched alkanes of at least 4 members (excludes halogenated alkanes) is 1. The number of nitrogens with one attached hydrogen (secondary N) is 1. The molecular formula is C27H36Cl2N4O2. The molecule has 0 spiro atoms. The van der Waals surface area contributed by atoms with Crippen LogP contribution in [0.3, 0.4) is 0 Å². The van der Waals surface area contributed by atoms with Crippen molar-refractivity contribution >= 4 is 36.4 Å². The van der Waals surface area contributed by atoms with E-state index >= 15 is 0 Å². The zero-order valence-corrected chi connectivity index (χ0v) is 21.9. The lowest BCUT2D eigenvalue weighted by Crippen LogP contribution is -2.46. The van der Waals surface area contributed by atoms with Gasteiger partial charge in [-0.2, -0.15) is 0 Å². The molecule has 0 bridgehead atoms. The van der Waals surface area contributed by atoms with Crippen LogP contribution in [0.15, 0.2) is 72.9 Å². The number of benzene rings is 2. The summed E-state index contributed by atoms with van der Waals surface area (Å²) in [5.74, 6) is 0.952. The third-order valence-corrected chi connectivity index (χ3v) is 6.18. The Kier molecular flexibility index (Phi) is 12.0. The van der Waals surface area contributed by atoms with E-state index in [0.29, 0.717) is 12.3 Å². The van der Waals surface area contributed by atoms with E-state index in [1.807, 2.05) is 54.2 Å². The summed E-state index contributed by atoms with van der Waals surface area (Å²) in [6, 6.07) is 22.4. The van der Waals surface area contributed by atoms with E-state index in [-0.39, 0.29) is 30.7 Å². The third kappa shape index (κ3) is 8.20. The third-order valence-electron chi connectivity index (χ3n) is 6.18. The molecule has 0 radical (unpaired) electrons. The van der Waals surface area contributed by atoms with Crippen LogP contribution >= 0.6 is 24.8 Å². The fourth-order valence-corrected chi connectivity index (χ4v) is 4.24. The number of halogens is 2. The van der Waals surface area contributed by atoms with Crippen LogP contribution in [-0.4, -0.2) is 54.6 Å². The van der Waals surface area contributed by atoms with Crippen molar-refractivity contribution in [2.45, 2.75) is 19.4 Å². The van der Waals surface area contributed by atoms with Gasteiger partial charge in [-0.05, 0) is 49.2 Å². The summed E-state index contributed by atoms with van der Waals surface area (Å²) in [5, 5.41) is 3.02. The minimum Gasteiger partial charge on any atom is -0.487 e. The summed E-state index contributed by atoms with van der Waals surface area (Å²) in [7, 11) is 1.89. The molecule has 0 unspecified atom stereocenters. The Balaban J connectivity index is 0.00000216. The van der Waals surface area contributed by atoms with E-state index in [1.54, 1.807) is 0 Å². The van der Waals surface area contributed by atoms with Gasteiger partial charge < -0.3 is 19.5 Å². The minimum atomic E-state index is 0. The molecule has 1 aliphatic rings. The molecule has 0 atom stereocenters. The molecule has 0 aliphatic carbocycles. The highest BCUT2D eigenvalue weighted by atomic mass is 35.5. The molecule has 1 fully saturated rings. The highest BCUT2D eigenvalue weighted by molar-refractivity contribution is 5.92. The Bertz CT molecular complexity index is 1020. The molecule has 1 amide bonds. The summed E-state index contributed by atoms with van der Waals surface area (Å²) >= 11 is 0. The molecule has 0 saturated carbocycles. The predicted molar refractivity (Wildman–Crippen MR) is 147 cm³/mol. The average Bonchev–Trinajstić information content (AvgIpc) is 3.29. The van der Waals surface area contributed by atoms with E-state index in [2.05, 4.69) is 45.4 Å². The molecule has 2 heterocycles. The number of carbonyl (C=O) groups excluding carboxylic acids is 1. The molecule has 1 aliphatic heterocycles. The number of aryl methyl sites for hydroxylation is 1. The molecule has 1 N–H and O–H groups in total. The first kappa shape index (κ1) is 28.6. The van der Waals surface area contributed by atoms with E-state index in [0.717, 1.165) is 57.9 Å². The lowest BCUT2D eigenvalue weighted by molar-refractivity contribution is 0.0944. The number of hydrogen-bond acceptors (Lipinski definition) is 4. The molecule has 190 valence electrons. The number of para-hydroxylation sites is 2. The van der Waals surface area contributed by atoms with Crippen LogP contribution in [0.2, 0.25) is 0 Å². The zero-order valence-electron chi connectivity index (χ0n) is 20.3. The number of ether oxygens (including phenoxy) is 1. The maximum absolute atomic E-state index is 12.2. The van der Waals surface area contributed by atoms with Crippen molar-refractivity contribution in [2.75, 3.05) is 44.2 Å². The Morgan fingerprint density at radius 3 is 2.31 bits per heavy atom. The standard InChI is InChI=1S/C27H34N4O2.2ClH/c1-29-16-9-13-25(29)27(32)28-15-7-8-17-30-18-20-31(21-19-30)24-12-5-6-14-26(24)33-22-23-10-3-2-4-11-23;;/h2-6,9-14,16H,7-8,15,17-22H2,1H3,(H,28,32);2*1H. The average molecular weight is 520 g/mol. The van der Waals surface area contributed by atoms with Crippen molar-refractivity contribution in [2.24, 2.45) is 7.05 Å². The molecule has 1 saturated heterocycles. The molecule has 3 aromatic rings. The van der Waals surface area contributed by atoms with Gasteiger partial charge >= 0.3 is 0 Å². The monoisotopic (exact) mass is 518 g/mol. The van der Waals surface area contributed by atoms with Gasteiger partial charge in [0, 0.05) is 46.0 Å². The lowest BCUT2D eigenvalue weighted by atomic mass is 10.2. The van der Waals surface area contributed by atoms with Gasteiger partial charge in [0.15, 0.2) is 0 Å². The fourth-order valence-electron chi connectivity index (χ4n) is 4.24. The van der Waals surface area contributed by atoms with Crippen molar-refractivity contribution in [1.29, 1.82) is 0 Å². The van der Waals surface area contributed by atoms with Gasteiger partial charge in [0.2, 0.25) is 0 Å². The second-order valence-electron chi connectivity index (χ2n) is 8.54. The highest BCUT2D eigenvalue weighted by Gasteiger charge is 2.19. The largest absolute Gasteiger partial charge is 0.487 e. The van der Waals surface area contributed by atoms with E-state index in [4.69, 9.17) is 4.74 Å². The maximum Gasteiger partial charge on any atom is 0.267 e. The van der Waals surface area contributed by atoms with Gasteiger partial charge in [0.25, 0.3) is 5.91 Å². The number of amides is 1. The zero-order chi connectivity index (χ0) is 22.9. The molecule has 2 aromatic carbocycles. The molecule has 1 aromatic heterocycles. The summed E-state index contributed by atoms with van der Waals surface area (Å²) in [6.45, 7) is 6.45. The molecule has 8 heteroatoms. The number of aromatic nitrogens is 1. The molecule has 35 heavy (non-hydrogen) atoms. The minimum absolute atomic E-state index is 0. The maximum atomic E-state index is 12.2. The first-order valence-electron chi connectivity index (χ1n) is 11.8.